The van der Waals surface area contributed by atoms with Gasteiger partial charge in [0.2, 0.25) is 5.95 Å². The van der Waals surface area contributed by atoms with E-state index < -0.39 is 0 Å². The Morgan fingerprint density at radius 1 is 1.31 bits per heavy atom. The molecule has 2 aromatic heterocycles. The predicted molar refractivity (Wildman–Crippen MR) is 116 cm³/mol. The van der Waals surface area contributed by atoms with Gasteiger partial charge in [-0.2, -0.15) is 0 Å². The average molecular weight is 415 g/mol. The lowest BCUT2D eigenvalue weighted by Gasteiger charge is -2.38. The molecule has 1 aliphatic heterocycles. The maximum atomic E-state index is 12.8. The van der Waals surface area contributed by atoms with Crippen molar-refractivity contribution in [2.75, 3.05) is 18.0 Å². The van der Waals surface area contributed by atoms with Crippen molar-refractivity contribution in [2.45, 2.75) is 65.7 Å². The zero-order valence-corrected chi connectivity index (χ0v) is 18.7. The van der Waals surface area contributed by atoms with Crippen molar-refractivity contribution in [2.24, 2.45) is 5.41 Å². The summed E-state index contributed by atoms with van der Waals surface area (Å²) in [5, 5.41) is 5.14. The maximum Gasteiger partial charge on any atom is 0.252 e. The van der Waals surface area contributed by atoms with Gasteiger partial charge >= 0.3 is 0 Å². The zero-order valence-electron chi connectivity index (χ0n) is 17.9. The number of hydrogen-bond acceptors (Lipinski definition) is 6. The van der Waals surface area contributed by atoms with E-state index >= 15 is 0 Å². The normalized spacial score (nSPS) is 26.1. The van der Waals surface area contributed by atoms with Crippen molar-refractivity contribution in [3.63, 3.8) is 0 Å². The summed E-state index contributed by atoms with van der Waals surface area (Å²) >= 11 is 1.60. The Labute approximate surface area is 176 Å². The third-order valence-electron chi connectivity index (χ3n) is 5.67. The number of amides is 1. The molecule has 0 aromatic carbocycles. The Bertz CT molecular complexity index is 900. The molecule has 4 rings (SSSR count). The first-order valence-electron chi connectivity index (χ1n) is 10.3. The lowest BCUT2D eigenvalue weighted by molar-refractivity contribution is -0.00575. The van der Waals surface area contributed by atoms with Crippen molar-refractivity contribution in [3.8, 4) is 0 Å². The van der Waals surface area contributed by atoms with Gasteiger partial charge in [0, 0.05) is 35.1 Å². The summed E-state index contributed by atoms with van der Waals surface area (Å²) < 4.78 is 5.84. The van der Waals surface area contributed by atoms with Crippen LogP contribution in [0, 0.1) is 12.3 Å². The van der Waals surface area contributed by atoms with Crippen LogP contribution in [0.5, 0.6) is 0 Å². The molecule has 2 aromatic rings. The number of morpholine rings is 1. The number of fused-ring (bicyclic) bond motifs is 1. The number of anilines is 1. The lowest BCUT2D eigenvalue weighted by Crippen LogP contribution is -2.46. The molecule has 0 unspecified atom stereocenters. The molecule has 6 nitrogen and oxygen atoms in total. The molecule has 0 radical (unpaired) electrons. The standard InChI is InChI=1S/C22H30N4O2S/c1-13-10-26(11-14(2)28-13)21-23-9-17-18(7-22(4,5)8-19(17)25-21)24-20(27)16-6-15(3)29-12-16/h6,9,12-14,18H,7-8,10-11H2,1-5H3,(H,24,27)/t13-,14+,18-/m1/s1. The van der Waals surface area contributed by atoms with Gasteiger partial charge in [-0.1, -0.05) is 13.8 Å². The number of ether oxygens (including phenoxy) is 1. The van der Waals surface area contributed by atoms with Crippen LogP contribution in [0.25, 0.3) is 0 Å². The molecule has 7 heteroatoms. The van der Waals surface area contributed by atoms with Gasteiger partial charge in [-0.25, -0.2) is 9.97 Å². The third-order valence-corrected chi connectivity index (χ3v) is 6.53. The zero-order chi connectivity index (χ0) is 20.8. The Morgan fingerprint density at radius 2 is 2.03 bits per heavy atom. The number of rotatable bonds is 3. The van der Waals surface area contributed by atoms with E-state index in [1.165, 1.54) is 0 Å². The van der Waals surface area contributed by atoms with Crippen LogP contribution in [-0.4, -0.2) is 41.2 Å². The van der Waals surface area contributed by atoms with E-state index in [0.29, 0.717) is 0 Å². The number of carbonyl (C=O) groups is 1. The topological polar surface area (TPSA) is 67.4 Å². The molecule has 1 amide bonds. The molecular weight excluding hydrogens is 384 g/mol. The minimum absolute atomic E-state index is 0.0251. The molecular formula is C22H30N4O2S. The van der Waals surface area contributed by atoms with Crippen LogP contribution < -0.4 is 10.2 Å². The van der Waals surface area contributed by atoms with E-state index in [2.05, 4.69) is 42.9 Å². The molecule has 1 saturated heterocycles. The molecule has 0 bridgehead atoms. The highest BCUT2D eigenvalue weighted by Gasteiger charge is 2.35. The summed E-state index contributed by atoms with van der Waals surface area (Å²) in [5.41, 5.74) is 2.88. The number of thiophene rings is 1. The quantitative estimate of drug-likeness (QED) is 0.825. The minimum Gasteiger partial charge on any atom is -0.372 e. The lowest BCUT2D eigenvalue weighted by atomic mass is 9.74. The van der Waals surface area contributed by atoms with Gasteiger partial charge in [-0.05, 0) is 45.1 Å². The van der Waals surface area contributed by atoms with Crippen LogP contribution in [0.3, 0.4) is 0 Å². The van der Waals surface area contributed by atoms with Gasteiger partial charge in [0.1, 0.15) is 0 Å². The van der Waals surface area contributed by atoms with Gasteiger partial charge in [-0.15, -0.1) is 11.3 Å². The molecule has 0 saturated carbocycles. The van der Waals surface area contributed by atoms with Crippen molar-refractivity contribution < 1.29 is 9.53 Å². The second-order valence-electron chi connectivity index (χ2n) is 9.25. The number of aryl methyl sites for hydroxylation is 1. The SMILES string of the molecule is Cc1cc(C(=O)N[C@@H]2CC(C)(C)Cc3nc(N4C[C@@H](C)O[C@@H](C)C4)ncc32)cs1. The van der Waals surface area contributed by atoms with Crippen LogP contribution in [-0.2, 0) is 11.2 Å². The number of hydrogen-bond donors (Lipinski definition) is 1. The van der Waals surface area contributed by atoms with Gasteiger partial charge in [0.05, 0.1) is 29.5 Å². The number of nitrogens with zero attached hydrogens (tertiary/aromatic N) is 3. The fourth-order valence-electron chi connectivity index (χ4n) is 4.46. The highest BCUT2D eigenvalue weighted by atomic mass is 32.1. The highest BCUT2D eigenvalue weighted by molar-refractivity contribution is 7.10. The fraction of sp³-hybridized carbons (Fsp3) is 0.591. The highest BCUT2D eigenvalue weighted by Crippen LogP contribution is 2.40. The smallest absolute Gasteiger partial charge is 0.252 e. The van der Waals surface area contributed by atoms with Crippen LogP contribution in [0.1, 0.15) is 66.7 Å². The van der Waals surface area contributed by atoms with Gasteiger partial charge in [-0.3, -0.25) is 4.79 Å². The van der Waals surface area contributed by atoms with Crippen molar-refractivity contribution in [1.82, 2.24) is 15.3 Å². The Balaban J connectivity index is 1.60. The molecule has 1 aliphatic carbocycles. The third kappa shape index (κ3) is 4.46. The molecule has 1 fully saturated rings. The van der Waals surface area contributed by atoms with E-state index in [9.17, 15) is 4.79 Å². The largest absolute Gasteiger partial charge is 0.372 e. The van der Waals surface area contributed by atoms with Crippen LogP contribution >= 0.6 is 11.3 Å². The molecule has 1 N–H and O–H groups in total. The average Bonchev–Trinajstić information content (AvgIpc) is 3.06. The Morgan fingerprint density at radius 3 is 2.69 bits per heavy atom. The van der Waals surface area contributed by atoms with Crippen molar-refractivity contribution in [1.29, 1.82) is 0 Å². The van der Waals surface area contributed by atoms with Crippen molar-refractivity contribution >= 4 is 23.2 Å². The Kier molecular flexibility index (Phi) is 5.38. The Hall–Kier alpha value is -1.99. The molecule has 2 aliphatic rings. The minimum atomic E-state index is -0.0713. The fourth-order valence-corrected chi connectivity index (χ4v) is 5.15. The second kappa shape index (κ2) is 7.69. The van der Waals surface area contributed by atoms with E-state index in [4.69, 9.17) is 9.72 Å². The molecule has 3 atom stereocenters. The number of aromatic nitrogens is 2. The summed E-state index contributed by atoms with van der Waals surface area (Å²) in [4.78, 5) is 25.7. The molecule has 29 heavy (non-hydrogen) atoms. The molecule has 156 valence electrons. The first-order valence-corrected chi connectivity index (χ1v) is 11.2. The predicted octanol–water partition coefficient (Wildman–Crippen LogP) is 3.90. The van der Waals surface area contributed by atoms with Gasteiger partial charge in [0.25, 0.3) is 5.91 Å². The van der Waals surface area contributed by atoms with Gasteiger partial charge < -0.3 is 15.0 Å². The second-order valence-corrected chi connectivity index (χ2v) is 10.4. The first kappa shape index (κ1) is 20.3. The van der Waals surface area contributed by atoms with E-state index in [0.717, 1.165) is 53.6 Å². The summed E-state index contributed by atoms with van der Waals surface area (Å²) in [6.07, 6.45) is 4.01. The monoisotopic (exact) mass is 414 g/mol. The van der Waals surface area contributed by atoms with Crippen molar-refractivity contribution in [3.05, 3.63) is 39.3 Å². The summed E-state index contributed by atoms with van der Waals surface area (Å²) in [6.45, 7) is 12.3. The maximum absolute atomic E-state index is 12.8. The van der Waals surface area contributed by atoms with Crippen LogP contribution in [0.4, 0.5) is 5.95 Å². The molecule has 3 heterocycles. The summed E-state index contributed by atoms with van der Waals surface area (Å²) in [6, 6.07) is 1.87. The van der Waals surface area contributed by atoms with Gasteiger partial charge in [0.15, 0.2) is 0 Å². The summed E-state index contributed by atoms with van der Waals surface area (Å²) in [5.74, 6) is 0.741. The summed E-state index contributed by atoms with van der Waals surface area (Å²) in [7, 11) is 0. The van der Waals surface area contributed by atoms with Crippen LogP contribution in [0.15, 0.2) is 17.6 Å². The van der Waals surface area contributed by atoms with Crippen LogP contribution in [0.2, 0.25) is 0 Å². The first-order chi connectivity index (χ1) is 13.7. The van der Waals surface area contributed by atoms with E-state index in [1.54, 1.807) is 11.3 Å². The number of nitrogens with one attached hydrogen (secondary N) is 1. The van der Waals surface area contributed by atoms with E-state index in [1.807, 2.05) is 24.6 Å². The van der Waals surface area contributed by atoms with E-state index in [-0.39, 0.29) is 29.6 Å². The molecule has 0 spiro atoms. The number of carbonyl (C=O) groups excluding carboxylic acids is 1.